The first kappa shape index (κ1) is 17.6. The molecule has 0 aliphatic carbocycles. The van der Waals surface area contributed by atoms with E-state index >= 15 is 0 Å². The number of methoxy groups -OCH3 is 2. The maximum atomic E-state index is 5.43. The Hall–Kier alpha value is -2.20. The van der Waals surface area contributed by atoms with Crippen molar-refractivity contribution in [3.05, 3.63) is 53.1 Å². The lowest BCUT2D eigenvalue weighted by atomic mass is 10.0. The first-order valence-electron chi connectivity index (χ1n) is 8.97. The van der Waals surface area contributed by atoms with Crippen LogP contribution in [0, 0.1) is 13.8 Å². The van der Waals surface area contributed by atoms with Gasteiger partial charge in [-0.05, 0) is 61.4 Å². The molecule has 0 amide bonds. The molecule has 1 aliphatic heterocycles. The Kier molecular flexibility index (Phi) is 5.49. The van der Waals surface area contributed by atoms with Crippen LogP contribution in [0.2, 0.25) is 0 Å². The third-order valence-corrected chi connectivity index (χ3v) is 5.20. The first-order chi connectivity index (χ1) is 12.1. The van der Waals surface area contributed by atoms with E-state index in [0.29, 0.717) is 0 Å². The van der Waals surface area contributed by atoms with E-state index in [1.54, 1.807) is 19.1 Å². The molecule has 2 aromatic carbocycles. The van der Waals surface area contributed by atoms with E-state index in [-0.39, 0.29) is 0 Å². The summed E-state index contributed by atoms with van der Waals surface area (Å²) < 4.78 is 10.7. The Morgan fingerprint density at radius 3 is 2.20 bits per heavy atom. The highest BCUT2D eigenvalue weighted by atomic mass is 16.5. The number of quaternary nitrogens is 1. The quantitative estimate of drug-likeness (QED) is 0.903. The minimum absolute atomic E-state index is 0.915. The Bertz CT molecular complexity index is 705. The Balaban J connectivity index is 1.60. The first-order valence-corrected chi connectivity index (χ1v) is 8.97. The van der Waals surface area contributed by atoms with Crippen molar-refractivity contribution in [2.45, 2.75) is 20.4 Å². The number of ether oxygens (including phenoxy) is 2. The van der Waals surface area contributed by atoms with E-state index in [0.717, 1.165) is 44.2 Å². The Morgan fingerprint density at radius 1 is 0.920 bits per heavy atom. The molecule has 0 unspecified atom stereocenters. The van der Waals surface area contributed by atoms with Crippen LogP contribution in [-0.2, 0) is 6.54 Å². The summed E-state index contributed by atoms with van der Waals surface area (Å²) in [5.74, 6) is 1.90. The molecule has 0 aromatic heterocycles. The number of nitrogens with zero attached hydrogens (tertiary/aromatic N) is 1. The van der Waals surface area contributed by atoms with Crippen molar-refractivity contribution in [3.63, 3.8) is 0 Å². The summed E-state index contributed by atoms with van der Waals surface area (Å²) in [6.07, 6.45) is 0. The highest BCUT2D eigenvalue weighted by molar-refractivity contribution is 5.49. The molecule has 1 N–H and O–H groups in total. The topological polar surface area (TPSA) is 26.1 Å². The van der Waals surface area contributed by atoms with Gasteiger partial charge in [-0.15, -0.1) is 0 Å². The Labute approximate surface area is 151 Å². The van der Waals surface area contributed by atoms with Crippen LogP contribution in [0.3, 0.4) is 0 Å². The van der Waals surface area contributed by atoms with Crippen LogP contribution in [0.25, 0.3) is 0 Å². The smallest absolute Gasteiger partial charge is 0.122 e. The van der Waals surface area contributed by atoms with E-state index < -0.39 is 0 Å². The van der Waals surface area contributed by atoms with Crippen molar-refractivity contribution in [1.29, 1.82) is 0 Å². The Morgan fingerprint density at radius 2 is 1.60 bits per heavy atom. The van der Waals surface area contributed by atoms with Crippen LogP contribution in [0.1, 0.15) is 16.7 Å². The molecule has 0 atom stereocenters. The summed E-state index contributed by atoms with van der Waals surface area (Å²) in [4.78, 5) is 4.12. The molecule has 3 rings (SSSR count). The molecule has 0 bridgehead atoms. The minimum Gasteiger partial charge on any atom is -0.497 e. The number of rotatable bonds is 5. The molecule has 0 radical (unpaired) electrons. The summed E-state index contributed by atoms with van der Waals surface area (Å²) in [5.41, 5.74) is 5.27. The van der Waals surface area contributed by atoms with Gasteiger partial charge in [0.15, 0.2) is 0 Å². The van der Waals surface area contributed by atoms with Crippen molar-refractivity contribution in [2.24, 2.45) is 0 Å². The number of anilines is 1. The molecule has 1 aliphatic rings. The highest BCUT2D eigenvalue weighted by Crippen LogP contribution is 2.22. The molecule has 25 heavy (non-hydrogen) atoms. The zero-order valence-corrected chi connectivity index (χ0v) is 15.8. The van der Waals surface area contributed by atoms with Gasteiger partial charge in [0.05, 0.1) is 40.4 Å². The van der Waals surface area contributed by atoms with Crippen LogP contribution >= 0.6 is 0 Å². The van der Waals surface area contributed by atoms with Gasteiger partial charge >= 0.3 is 0 Å². The predicted octanol–water partition coefficient (Wildman–Crippen LogP) is 2.23. The lowest BCUT2D eigenvalue weighted by Crippen LogP contribution is -3.13. The lowest BCUT2D eigenvalue weighted by molar-refractivity contribution is -0.914. The monoisotopic (exact) mass is 341 g/mol. The minimum atomic E-state index is 0.915. The molecule has 4 nitrogen and oxygen atoms in total. The van der Waals surface area contributed by atoms with Crippen molar-refractivity contribution in [3.8, 4) is 11.5 Å². The number of hydrogen-bond donors (Lipinski definition) is 1. The maximum Gasteiger partial charge on any atom is 0.122 e. The molecule has 4 heteroatoms. The standard InChI is InChI=1S/C21H28N2O2/c1-16-14-21(25-4)17(2)13-18(16)15-22-9-11-23(12-10-22)19-5-7-20(24-3)8-6-19/h5-8,13-14H,9-12,15H2,1-4H3/p+1. The SMILES string of the molecule is COc1ccc(N2CC[NH+](Cc3cc(C)c(OC)cc3C)CC2)cc1. The third-order valence-electron chi connectivity index (χ3n) is 5.20. The molecule has 2 aromatic rings. The lowest BCUT2D eigenvalue weighted by Gasteiger charge is -2.34. The molecule has 0 spiro atoms. The van der Waals surface area contributed by atoms with Crippen molar-refractivity contribution >= 4 is 5.69 Å². The van der Waals surface area contributed by atoms with Gasteiger partial charge in [0.2, 0.25) is 0 Å². The highest BCUT2D eigenvalue weighted by Gasteiger charge is 2.21. The van der Waals surface area contributed by atoms with Crippen molar-refractivity contribution in [2.75, 3.05) is 45.3 Å². The molecule has 134 valence electrons. The van der Waals surface area contributed by atoms with E-state index in [1.807, 2.05) is 12.1 Å². The fourth-order valence-electron chi connectivity index (χ4n) is 3.58. The maximum absolute atomic E-state index is 5.43. The summed E-state index contributed by atoms with van der Waals surface area (Å²) >= 11 is 0. The van der Waals surface area contributed by atoms with Gasteiger partial charge in [-0.1, -0.05) is 0 Å². The van der Waals surface area contributed by atoms with Crippen LogP contribution < -0.4 is 19.3 Å². The van der Waals surface area contributed by atoms with E-state index in [9.17, 15) is 0 Å². The number of aryl methyl sites for hydroxylation is 2. The van der Waals surface area contributed by atoms with E-state index in [2.05, 4.69) is 43.0 Å². The van der Waals surface area contributed by atoms with Gasteiger partial charge in [0, 0.05) is 11.3 Å². The number of hydrogen-bond acceptors (Lipinski definition) is 3. The van der Waals surface area contributed by atoms with Crippen LogP contribution in [0.15, 0.2) is 36.4 Å². The summed E-state index contributed by atoms with van der Waals surface area (Å²) in [6.45, 7) is 9.91. The normalized spacial score (nSPS) is 15.3. The second kappa shape index (κ2) is 7.79. The molecular formula is C21H29N2O2+. The average Bonchev–Trinajstić information content (AvgIpc) is 2.65. The van der Waals surface area contributed by atoms with Gasteiger partial charge in [-0.3, -0.25) is 0 Å². The van der Waals surface area contributed by atoms with Gasteiger partial charge in [0.1, 0.15) is 18.0 Å². The summed E-state index contributed by atoms with van der Waals surface area (Å²) in [6, 6.07) is 12.8. The van der Waals surface area contributed by atoms with Crippen LogP contribution in [0.5, 0.6) is 11.5 Å². The molecular weight excluding hydrogens is 312 g/mol. The molecule has 1 fully saturated rings. The van der Waals surface area contributed by atoms with Crippen LogP contribution in [0.4, 0.5) is 5.69 Å². The van der Waals surface area contributed by atoms with E-state index in [1.165, 1.54) is 22.4 Å². The zero-order valence-electron chi connectivity index (χ0n) is 15.8. The number of benzene rings is 2. The zero-order chi connectivity index (χ0) is 17.8. The average molecular weight is 341 g/mol. The van der Waals surface area contributed by atoms with E-state index in [4.69, 9.17) is 9.47 Å². The van der Waals surface area contributed by atoms with Crippen molar-refractivity contribution < 1.29 is 14.4 Å². The molecule has 0 saturated carbocycles. The fraction of sp³-hybridized carbons (Fsp3) is 0.429. The third kappa shape index (κ3) is 4.07. The van der Waals surface area contributed by atoms with Gasteiger partial charge in [-0.25, -0.2) is 0 Å². The van der Waals surface area contributed by atoms with Crippen LogP contribution in [-0.4, -0.2) is 40.4 Å². The number of nitrogens with one attached hydrogen (secondary N) is 1. The predicted molar refractivity (Wildman–Crippen MR) is 102 cm³/mol. The fourth-order valence-corrected chi connectivity index (χ4v) is 3.58. The van der Waals surface area contributed by atoms with Gasteiger partial charge in [0.25, 0.3) is 0 Å². The summed E-state index contributed by atoms with van der Waals surface area (Å²) in [7, 11) is 3.45. The second-order valence-electron chi connectivity index (χ2n) is 6.86. The summed E-state index contributed by atoms with van der Waals surface area (Å²) in [5, 5.41) is 0. The number of piperazine rings is 1. The van der Waals surface area contributed by atoms with Gasteiger partial charge in [-0.2, -0.15) is 0 Å². The largest absolute Gasteiger partial charge is 0.497 e. The van der Waals surface area contributed by atoms with Crippen molar-refractivity contribution in [1.82, 2.24) is 0 Å². The molecule has 1 saturated heterocycles. The second-order valence-corrected chi connectivity index (χ2v) is 6.86. The van der Waals surface area contributed by atoms with Gasteiger partial charge < -0.3 is 19.3 Å². The molecule has 1 heterocycles.